The summed E-state index contributed by atoms with van der Waals surface area (Å²) in [5.41, 5.74) is 4.19. The van der Waals surface area contributed by atoms with Crippen molar-refractivity contribution in [2.75, 3.05) is 6.61 Å². The van der Waals surface area contributed by atoms with Gasteiger partial charge in [0.1, 0.15) is 5.75 Å². The van der Waals surface area contributed by atoms with Crippen molar-refractivity contribution < 1.29 is 9.53 Å². The van der Waals surface area contributed by atoms with E-state index < -0.39 is 0 Å². The Hall–Kier alpha value is -2.09. The summed E-state index contributed by atoms with van der Waals surface area (Å²) in [7, 11) is 0. The molecular formula is C19H22O2. The smallest absolute Gasteiger partial charge is 0.167 e. The minimum absolute atomic E-state index is 0.144. The average molecular weight is 282 g/mol. The fourth-order valence-corrected chi connectivity index (χ4v) is 2.22. The molecule has 2 aromatic rings. The van der Waals surface area contributed by atoms with Crippen LogP contribution in [0.3, 0.4) is 0 Å². The molecule has 0 heterocycles. The van der Waals surface area contributed by atoms with E-state index in [1.54, 1.807) is 0 Å². The van der Waals surface area contributed by atoms with Crippen molar-refractivity contribution in [2.45, 2.75) is 33.6 Å². The van der Waals surface area contributed by atoms with Gasteiger partial charge in [0.2, 0.25) is 0 Å². The van der Waals surface area contributed by atoms with E-state index in [4.69, 9.17) is 4.74 Å². The fourth-order valence-electron chi connectivity index (χ4n) is 2.22. The van der Waals surface area contributed by atoms with E-state index in [0.717, 1.165) is 28.9 Å². The highest BCUT2D eigenvalue weighted by molar-refractivity contribution is 5.97. The van der Waals surface area contributed by atoms with Crippen LogP contribution in [-0.4, -0.2) is 12.4 Å². The van der Waals surface area contributed by atoms with Crippen molar-refractivity contribution in [3.63, 3.8) is 0 Å². The number of aryl methyl sites for hydroxylation is 2. The first-order valence-corrected chi connectivity index (χ1v) is 7.42. The largest absolute Gasteiger partial charge is 0.494 e. The van der Waals surface area contributed by atoms with Crippen LogP contribution in [0.2, 0.25) is 0 Å². The highest BCUT2D eigenvalue weighted by Gasteiger charge is 2.09. The van der Waals surface area contributed by atoms with Gasteiger partial charge in [0.05, 0.1) is 6.61 Å². The number of benzene rings is 2. The van der Waals surface area contributed by atoms with Gasteiger partial charge in [0.15, 0.2) is 5.78 Å². The molecule has 0 amide bonds. The van der Waals surface area contributed by atoms with Crippen LogP contribution in [0.4, 0.5) is 0 Å². The van der Waals surface area contributed by atoms with Gasteiger partial charge >= 0.3 is 0 Å². The molecule has 21 heavy (non-hydrogen) atoms. The number of Topliss-reactive ketones (excluding diaryl/α,β-unsaturated/α-hetero) is 1. The van der Waals surface area contributed by atoms with Gasteiger partial charge in [0.25, 0.3) is 0 Å². The topological polar surface area (TPSA) is 26.3 Å². The molecule has 110 valence electrons. The summed E-state index contributed by atoms with van der Waals surface area (Å²) in [5, 5.41) is 0. The molecule has 2 rings (SSSR count). The molecule has 0 aliphatic carbocycles. The predicted octanol–water partition coefficient (Wildman–Crippen LogP) is 4.52. The van der Waals surface area contributed by atoms with Crippen LogP contribution in [0.25, 0.3) is 0 Å². The van der Waals surface area contributed by atoms with Crippen LogP contribution < -0.4 is 4.74 Å². The van der Waals surface area contributed by atoms with Crippen molar-refractivity contribution >= 4 is 5.78 Å². The second-order valence-corrected chi connectivity index (χ2v) is 5.40. The molecule has 0 aliphatic heterocycles. The molecule has 0 aromatic heterocycles. The van der Waals surface area contributed by atoms with E-state index in [0.29, 0.717) is 13.0 Å². The minimum Gasteiger partial charge on any atom is -0.494 e. The first-order chi connectivity index (χ1) is 10.1. The third kappa shape index (κ3) is 4.19. The second kappa shape index (κ2) is 7.07. The van der Waals surface area contributed by atoms with Crippen molar-refractivity contribution in [3.05, 3.63) is 64.7 Å². The maximum Gasteiger partial charge on any atom is 0.167 e. The Bertz CT molecular complexity index is 612. The van der Waals surface area contributed by atoms with Gasteiger partial charge < -0.3 is 4.74 Å². The number of ketones is 1. The normalized spacial score (nSPS) is 10.4. The van der Waals surface area contributed by atoms with Crippen LogP contribution >= 0.6 is 0 Å². The Morgan fingerprint density at radius 3 is 2.43 bits per heavy atom. The Kier molecular flexibility index (Phi) is 5.15. The molecule has 0 saturated carbocycles. The summed E-state index contributed by atoms with van der Waals surface area (Å²) in [5.74, 6) is 0.964. The second-order valence-electron chi connectivity index (χ2n) is 5.40. The summed E-state index contributed by atoms with van der Waals surface area (Å²) in [6, 6.07) is 13.7. The first kappa shape index (κ1) is 15.3. The predicted molar refractivity (Wildman–Crippen MR) is 86.2 cm³/mol. The molecule has 0 atom stereocenters. The van der Waals surface area contributed by atoms with E-state index in [-0.39, 0.29) is 5.78 Å². The van der Waals surface area contributed by atoms with Crippen molar-refractivity contribution in [2.24, 2.45) is 0 Å². The molecule has 0 saturated heterocycles. The first-order valence-electron chi connectivity index (χ1n) is 7.42. The quantitative estimate of drug-likeness (QED) is 0.728. The van der Waals surface area contributed by atoms with E-state index in [1.165, 1.54) is 5.56 Å². The van der Waals surface area contributed by atoms with Crippen molar-refractivity contribution in [1.29, 1.82) is 0 Å². The lowest BCUT2D eigenvalue weighted by Crippen LogP contribution is -2.05. The molecule has 2 aromatic carbocycles. The van der Waals surface area contributed by atoms with E-state index in [2.05, 4.69) is 25.1 Å². The zero-order valence-electron chi connectivity index (χ0n) is 13.0. The lowest BCUT2D eigenvalue weighted by molar-refractivity contribution is 0.0992. The molecule has 0 aliphatic rings. The number of carbonyl (C=O) groups excluding carboxylic acids is 1. The minimum atomic E-state index is 0.144. The molecule has 0 N–H and O–H groups in total. The lowest BCUT2D eigenvalue weighted by atomic mass is 9.98. The van der Waals surface area contributed by atoms with E-state index in [9.17, 15) is 4.79 Å². The number of rotatable bonds is 6. The van der Waals surface area contributed by atoms with Crippen LogP contribution in [0.5, 0.6) is 5.75 Å². The SMILES string of the molecule is CCCOc1ccc(C(=O)Cc2cc(C)ccc2C)cc1. The van der Waals surface area contributed by atoms with Crippen molar-refractivity contribution in [1.82, 2.24) is 0 Å². The third-order valence-electron chi connectivity index (χ3n) is 3.50. The highest BCUT2D eigenvalue weighted by atomic mass is 16.5. The molecule has 0 radical (unpaired) electrons. The summed E-state index contributed by atoms with van der Waals surface area (Å²) in [6.45, 7) is 6.87. The average Bonchev–Trinajstić information content (AvgIpc) is 2.49. The van der Waals surface area contributed by atoms with Crippen LogP contribution in [-0.2, 0) is 6.42 Å². The molecule has 2 heteroatoms. The zero-order chi connectivity index (χ0) is 15.2. The molecule has 0 fully saturated rings. The number of carbonyl (C=O) groups is 1. The van der Waals surface area contributed by atoms with Crippen LogP contribution in [0, 0.1) is 13.8 Å². The van der Waals surface area contributed by atoms with Gasteiger partial charge in [-0.1, -0.05) is 30.7 Å². The van der Waals surface area contributed by atoms with Gasteiger partial charge in [-0.15, -0.1) is 0 Å². The lowest BCUT2D eigenvalue weighted by Gasteiger charge is -2.08. The van der Waals surface area contributed by atoms with Crippen molar-refractivity contribution in [3.8, 4) is 5.75 Å². The molecule has 0 bridgehead atoms. The fraction of sp³-hybridized carbons (Fsp3) is 0.316. The van der Waals surface area contributed by atoms with Gasteiger partial charge in [-0.25, -0.2) is 0 Å². The monoisotopic (exact) mass is 282 g/mol. The van der Waals surface area contributed by atoms with Gasteiger partial charge in [0, 0.05) is 12.0 Å². The Morgan fingerprint density at radius 1 is 1.05 bits per heavy atom. The summed E-state index contributed by atoms with van der Waals surface area (Å²) in [4.78, 5) is 12.4. The van der Waals surface area contributed by atoms with Gasteiger partial charge in [-0.3, -0.25) is 4.79 Å². The Labute approximate surface area is 126 Å². The Morgan fingerprint density at radius 2 is 1.76 bits per heavy atom. The molecule has 0 spiro atoms. The maximum absolute atomic E-state index is 12.4. The number of ether oxygens (including phenoxy) is 1. The standard InChI is InChI=1S/C19H22O2/c1-4-11-21-18-9-7-16(8-10-18)19(20)13-17-12-14(2)5-6-15(17)3/h5-10,12H,4,11,13H2,1-3H3. The number of hydrogen-bond acceptors (Lipinski definition) is 2. The summed E-state index contributed by atoms with van der Waals surface area (Å²) < 4.78 is 5.53. The highest BCUT2D eigenvalue weighted by Crippen LogP contribution is 2.17. The number of hydrogen-bond donors (Lipinski definition) is 0. The van der Waals surface area contributed by atoms with E-state index in [1.807, 2.05) is 38.1 Å². The third-order valence-corrected chi connectivity index (χ3v) is 3.50. The molecular weight excluding hydrogens is 260 g/mol. The van der Waals surface area contributed by atoms with E-state index >= 15 is 0 Å². The molecule has 2 nitrogen and oxygen atoms in total. The van der Waals surface area contributed by atoms with Gasteiger partial charge in [-0.2, -0.15) is 0 Å². The van der Waals surface area contributed by atoms with Crippen LogP contribution in [0.1, 0.15) is 40.4 Å². The Balaban J connectivity index is 2.07. The van der Waals surface area contributed by atoms with Crippen LogP contribution in [0.15, 0.2) is 42.5 Å². The van der Waals surface area contributed by atoms with Gasteiger partial charge in [-0.05, 0) is 55.7 Å². The summed E-state index contributed by atoms with van der Waals surface area (Å²) >= 11 is 0. The zero-order valence-corrected chi connectivity index (χ0v) is 13.0. The molecule has 0 unspecified atom stereocenters. The summed E-state index contributed by atoms with van der Waals surface area (Å²) in [6.07, 6.45) is 1.43. The maximum atomic E-state index is 12.4.